The first-order valence-electron chi connectivity index (χ1n) is 3.84. The molecule has 4 nitrogen and oxygen atoms in total. The van der Waals surface area contributed by atoms with Crippen molar-refractivity contribution in [1.29, 1.82) is 0 Å². The third-order valence-corrected chi connectivity index (χ3v) is 3.22. The maximum absolute atomic E-state index is 9.45. The van der Waals surface area contributed by atoms with E-state index in [4.69, 9.17) is 9.84 Å². The van der Waals surface area contributed by atoms with E-state index in [1.807, 2.05) is 0 Å². The van der Waals surface area contributed by atoms with Crippen LogP contribution in [0.2, 0.25) is 0 Å². The first kappa shape index (κ1) is 10.4. The molecule has 1 heterocycles. The molecule has 1 aliphatic rings. The van der Waals surface area contributed by atoms with Gasteiger partial charge < -0.3 is 20.1 Å². The Labute approximate surface area is 79.3 Å². The van der Waals surface area contributed by atoms with Crippen molar-refractivity contribution in [3.63, 3.8) is 0 Å². The zero-order valence-electron chi connectivity index (χ0n) is 6.72. The van der Waals surface area contributed by atoms with Gasteiger partial charge in [-0.05, 0) is 0 Å². The van der Waals surface area contributed by atoms with Crippen LogP contribution in [-0.4, -0.2) is 45.3 Å². The van der Waals surface area contributed by atoms with Crippen LogP contribution in [0, 0.1) is 5.92 Å². The first-order chi connectivity index (χ1) is 5.57. The van der Waals surface area contributed by atoms with Crippen molar-refractivity contribution >= 4 is 15.9 Å². The average Bonchev–Trinajstić information content (AvgIpc) is 2.08. The molecule has 72 valence electrons. The summed E-state index contributed by atoms with van der Waals surface area (Å²) in [5, 5.41) is 27.3. The Morgan fingerprint density at radius 3 is 2.42 bits per heavy atom. The van der Waals surface area contributed by atoms with Gasteiger partial charge in [-0.25, -0.2) is 0 Å². The predicted octanol–water partition coefficient (Wildman–Crippen LogP) is -0.544. The van der Waals surface area contributed by atoms with Crippen LogP contribution in [-0.2, 0) is 4.74 Å². The van der Waals surface area contributed by atoms with Gasteiger partial charge in [-0.1, -0.05) is 22.9 Å². The van der Waals surface area contributed by atoms with E-state index in [2.05, 4.69) is 15.9 Å². The maximum atomic E-state index is 9.45. The fourth-order valence-electron chi connectivity index (χ4n) is 1.21. The van der Waals surface area contributed by atoms with Crippen LogP contribution < -0.4 is 0 Å². The highest BCUT2D eigenvalue weighted by molar-refractivity contribution is 9.09. The number of aliphatic hydroxyl groups is 3. The molecule has 5 atom stereocenters. The Balaban J connectivity index is 2.63. The number of alkyl halides is 1. The second-order valence-corrected chi connectivity index (χ2v) is 3.95. The number of aliphatic hydroxyl groups excluding tert-OH is 3. The number of hydrogen-bond donors (Lipinski definition) is 3. The smallest absolute Gasteiger partial charge is 0.118 e. The molecule has 0 spiro atoms. The molecule has 0 aliphatic carbocycles. The van der Waals surface area contributed by atoms with Crippen LogP contribution in [0.5, 0.6) is 0 Å². The van der Waals surface area contributed by atoms with Gasteiger partial charge in [0, 0.05) is 5.92 Å². The van der Waals surface area contributed by atoms with Crippen molar-refractivity contribution in [2.24, 2.45) is 5.92 Å². The third kappa shape index (κ3) is 1.80. The minimum absolute atomic E-state index is 0.178. The van der Waals surface area contributed by atoms with Gasteiger partial charge in [0.1, 0.15) is 17.2 Å². The molecule has 0 aromatic heterocycles. The second-order valence-electron chi connectivity index (χ2n) is 3.05. The van der Waals surface area contributed by atoms with Crippen molar-refractivity contribution in [3.8, 4) is 0 Å². The first-order valence-corrected chi connectivity index (χ1v) is 4.76. The molecule has 1 fully saturated rings. The molecule has 3 N–H and O–H groups in total. The summed E-state index contributed by atoms with van der Waals surface area (Å²) in [5.41, 5.74) is 0. The van der Waals surface area contributed by atoms with Gasteiger partial charge in [-0.3, -0.25) is 0 Å². The molecule has 4 unspecified atom stereocenters. The molecule has 1 aliphatic heterocycles. The molecule has 12 heavy (non-hydrogen) atoms. The van der Waals surface area contributed by atoms with E-state index >= 15 is 0 Å². The van der Waals surface area contributed by atoms with Crippen LogP contribution in [0.4, 0.5) is 0 Å². The quantitative estimate of drug-likeness (QED) is 0.539. The monoisotopic (exact) mass is 240 g/mol. The van der Waals surface area contributed by atoms with Crippen molar-refractivity contribution in [2.75, 3.05) is 6.61 Å². The van der Waals surface area contributed by atoms with E-state index in [-0.39, 0.29) is 17.5 Å². The van der Waals surface area contributed by atoms with Crippen molar-refractivity contribution < 1.29 is 20.1 Å². The zero-order valence-corrected chi connectivity index (χ0v) is 8.31. The summed E-state index contributed by atoms with van der Waals surface area (Å²) in [6, 6.07) is 0. The van der Waals surface area contributed by atoms with Crippen LogP contribution >= 0.6 is 15.9 Å². The highest BCUT2D eigenvalue weighted by atomic mass is 79.9. The molecule has 1 rings (SSSR count). The van der Waals surface area contributed by atoms with Crippen molar-refractivity contribution in [3.05, 3.63) is 0 Å². The summed E-state index contributed by atoms with van der Waals surface area (Å²) < 4.78 is 5.19. The lowest BCUT2D eigenvalue weighted by Gasteiger charge is -2.38. The molecule has 0 bridgehead atoms. The lowest BCUT2D eigenvalue weighted by molar-refractivity contribution is -0.179. The van der Waals surface area contributed by atoms with E-state index in [1.54, 1.807) is 6.92 Å². The topological polar surface area (TPSA) is 69.9 Å². The molecule has 0 aromatic carbocycles. The fourth-order valence-corrected chi connectivity index (χ4v) is 1.80. The van der Waals surface area contributed by atoms with E-state index < -0.39 is 18.3 Å². The molecule has 0 amide bonds. The second kappa shape index (κ2) is 4.02. The van der Waals surface area contributed by atoms with Gasteiger partial charge >= 0.3 is 0 Å². The summed E-state index contributed by atoms with van der Waals surface area (Å²) in [5.74, 6) is -0.178. The summed E-state index contributed by atoms with van der Waals surface area (Å²) in [4.78, 5) is 0. The molecule has 0 aromatic rings. The summed E-state index contributed by atoms with van der Waals surface area (Å²) in [6.45, 7) is 1.48. The summed E-state index contributed by atoms with van der Waals surface area (Å²) in [6.07, 6.45) is -2.54. The van der Waals surface area contributed by atoms with Gasteiger partial charge in [0.15, 0.2) is 0 Å². The third-order valence-electron chi connectivity index (χ3n) is 2.17. The molecule has 0 saturated carbocycles. The highest BCUT2D eigenvalue weighted by Gasteiger charge is 2.40. The minimum Gasteiger partial charge on any atom is -0.394 e. The Bertz CT molecular complexity index is 150. The predicted molar refractivity (Wildman–Crippen MR) is 45.9 cm³/mol. The number of ether oxygens (including phenoxy) is 1. The molecular formula is C7H13BrO4. The van der Waals surface area contributed by atoms with Crippen molar-refractivity contribution in [2.45, 2.75) is 30.2 Å². The lowest BCUT2D eigenvalue weighted by Crippen LogP contribution is -2.53. The van der Waals surface area contributed by atoms with E-state index in [9.17, 15) is 10.2 Å². The minimum atomic E-state index is -1.00. The molecular weight excluding hydrogens is 228 g/mol. The van der Waals surface area contributed by atoms with E-state index in [0.717, 1.165) is 0 Å². The Morgan fingerprint density at radius 2 is 1.92 bits per heavy atom. The van der Waals surface area contributed by atoms with Gasteiger partial charge in [0.2, 0.25) is 0 Å². The van der Waals surface area contributed by atoms with Crippen LogP contribution in [0.1, 0.15) is 6.92 Å². The van der Waals surface area contributed by atoms with E-state index in [0.29, 0.717) is 0 Å². The lowest BCUT2D eigenvalue weighted by atomic mass is 9.94. The van der Waals surface area contributed by atoms with Gasteiger partial charge in [-0.2, -0.15) is 0 Å². The number of halogens is 1. The fraction of sp³-hybridized carbons (Fsp3) is 1.00. The van der Waals surface area contributed by atoms with Gasteiger partial charge in [0.05, 0.1) is 12.7 Å². The summed E-state index contributed by atoms with van der Waals surface area (Å²) in [7, 11) is 0. The Hall–Kier alpha value is 0.320. The molecule has 5 heteroatoms. The molecule has 1 saturated heterocycles. The summed E-state index contributed by atoms with van der Waals surface area (Å²) >= 11 is 3.20. The number of hydrogen-bond acceptors (Lipinski definition) is 4. The van der Waals surface area contributed by atoms with E-state index in [1.165, 1.54) is 0 Å². The largest absolute Gasteiger partial charge is 0.394 e. The average molecular weight is 241 g/mol. The SMILES string of the molecule is CC1C(Br)OC(CO)[C@@H](O)C1O. The Kier molecular flexibility index (Phi) is 3.48. The van der Waals surface area contributed by atoms with Crippen LogP contribution in [0.15, 0.2) is 0 Å². The van der Waals surface area contributed by atoms with Crippen LogP contribution in [0.3, 0.4) is 0 Å². The maximum Gasteiger partial charge on any atom is 0.118 e. The van der Waals surface area contributed by atoms with Crippen LogP contribution in [0.25, 0.3) is 0 Å². The van der Waals surface area contributed by atoms with Gasteiger partial charge in [0.25, 0.3) is 0 Å². The zero-order chi connectivity index (χ0) is 9.30. The normalized spacial score (nSPS) is 49.2. The standard InChI is InChI=1S/C7H13BrO4/c1-3-5(10)6(11)4(2-9)12-7(3)8/h3-7,9-11H,2H2,1H3/t3?,4?,5?,6-,7?/m1/s1. The molecule has 0 radical (unpaired) electrons. The van der Waals surface area contributed by atoms with Crippen molar-refractivity contribution in [1.82, 2.24) is 0 Å². The Morgan fingerprint density at radius 1 is 1.33 bits per heavy atom. The highest BCUT2D eigenvalue weighted by Crippen LogP contribution is 2.28. The number of rotatable bonds is 1. The van der Waals surface area contributed by atoms with Gasteiger partial charge in [-0.15, -0.1) is 0 Å².